The molecule has 0 aromatic heterocycles. The van der Waals surface area contributed by atoms with Gasteiger partial charge in [0.1, 0.15) is 5.75 Å². The first-order valence-corrected chi connectivity index (χ1v) is 7.06. The molecule has 0 unspecified atom stereocenters. The largest absolute Gasteiger partial charge is 0.126 e. The summed E-state index contributed by atoms with van der Waals surface area (Å²) in [5.74, 6) is 1.25. The van der Waals surface area contributed by atoms with E-state index in [2.05, 4.69) is 45.4 Å². The van der Waals surface area contributed by atoms with Crippen molar-refractivity contribution < 1.29 is 0 Å². The predicted octanol–water partition coefficient (Wildman–Crippen LogP) is 3.56. The van der Waals surface area contributed by atoms with Gasteiger partial charge in [-0.2, -0.15) is 0 Å². The lowest BCUT2D eigenvalue weighted by atomic mass is 10.1. The van der Waals surface area contributed by atoms with Crippen LogP contribution in [0.4, 0.5) is 0 Å². The van der Waals surface area contributed by atoms with Gasteiger partial charge in [0.2, 0.25) is 0 Å². The first-order chi connectivity index (χ1) is 6.02. The van der Waals surface area contributed by atoms with E-state index in [0.717, 1.165) is 0 Å². The van der Waals surface area contributed by atoms with Crippen LogP contribution in [-0.4, -0.2) is 18.3 Å². The van der Waals surface area contributed by atoms with Gasteiger partial charge in [0, 0.05) is 0 Å². The Labute approximate surface area is 86.5 Å². The first-order valence-electron chi connectivity index (χ1n) is 4.85. The predicted molar refractivity (Wildman–Crippen MR) is 66.5 cm³/mol. The molecule has 0 saturated heterocycles. The van der Waals surface area contributed by atoms with Crippen LogP contribution in [0.2, 0.25) is 0 Å². The first kappa shape index (κ1) is 12.8. The van der Waals surface area contributed by atoms with Gasteiger partial charge in [0.05, 0.1) is 12.5 Å². The zero-order valence-corrected chi connectivity index (χ0v) is 10.5. The summed E-state index contributed by atoms with van der Waals surface area (Å²) in [6, 6.07) is 0. The highest BCUT2D eigenvalue weighted by atomic mass is 32.2. The minimum Gasteiger partial charge on any atom is -0.0856 e. The van der Waals surface area contributed by atoms with Crippen molar-refractivity contribution in [2.24, 2.45) is 0 Å². The molecule has 0 aromatic carbocycles. The molecule has 0 nitrogen and oxygen atoms in total. The molecule has 0 N–H and O–H groups in total. The SMILES string of the molecule is CC(C)=CCC/C(C)=C\C[S+](C)C. The van der Waals surface area contributed by atoms with Gasteiger partial charge < -0.3 is 0 Å². The number of hydrogen-bond donors (Lipinski definition) is 0. The molecule has 0 aliphatic rings. The van der Waals surface area contributed by atoms with Gasteiger partial charge in [-0.25, -0.2) is 0 Å². The van der Waals surface area contributed by atoms with E-state index in [1.807, 2.05) is 0 Å². The molecule has 0 aliphatic carbocycles. The molecule has 0 fully saturated rings. The highest BCUT2D eigenvalue weighted by Crippen LogP contribution is 2.06. The Bertz CT molecular complexity index is 183. The van der Waals surface area contributed by atoms with E-state index >= 15 is 0 Å². The summed E-state index contributed by atoms with van der Waals surface area (Å²) in [5.41, 5.74) is 2.97. The van der Waals surface area contributed by atoms with Crippen LogP contribution in [0.3, 0.4) is 0 Å². The molecule has 0 saturated carbocycles. The second-order valence-corrected chi connectivity index (χ2v) is 6.33. The topological polar surface area (TPSA) is 0 Å². The summed E-state index contributed by atoms with van der Waals surface area (Å²) < 4.78 is 0. The average Bonchev–Trinajstić information content (AvgIpc) is 2.00. The summed E-state index contributed by atoms with van der Waals surface area (Å²) in [7, 11) is 0.558. The van der Waals surface area contributed by atoms with Gasteiger partial charge in [-0.15, -0.1) is 0 Å². The maximum absolute atomic E-state index is 2.39. The molecule has 0 rings (SSSR count). The normalized spacial score (nSPS) is 12.0. The van der Waals surface area contributed by atoms with E-state index in [1.54, 1.807) is 5.57 Å². The molecule has 0 aliphatic heterocycles. The lowest BCUT2D eigenvalue weighted by Crippen LogP contribution is -1.98. The maximum atomic E-state index is 2.39. The monoisotopic (exact) mass is 199 g/mol. The zero-order valence-electron chi connectivity index (χ0n) is 9.68. The average molecular weight is 199 g/mol. The van der Waals surface area contributed by atoms with Crippen LogP contribution in [-0.2, 0) is 10.9 Å². The van der Waals surface area contributed by atoms with Crippen molar-refractivity contribution in [3.05, 3.63) is 23.3 Å². The van der Waals surface area contributed by atoms with Gasteiger partial charge in [-0.1, -0.05) is 17.2 Å². The quantitative estimate of drug-likeness (QED) is 0.469. The van der Waals surface area contributed by atoms with Crippen LogP contribution in [0.1, 0.15) is 33.6 Å². The Morgan fingerprint density at radius 1 is 1.08 bits per heavy atom. The summed E-state index contributed by atoms with van der Waals surface area (Å²) in [6.07, 6.45) is 11.7. The second kappa shape index (κ2) is 7.25. The number of allylic oxidation sites excluding steroid dienone is 3. The Balaban J connectivity index is 3.67. The van der Waals surface area contributed by atoms with Crippen molar-refractivity contribution in [2.75, 3.05) is 18.3 Å². The smallest absolute Gasteiger partial charge is 0.0856 e. The highest BCUT2D eigenvalue weighted by molar-refractivity contribution is 7.95. The van der Waals surface area contributed by atoms with Crippen LogP contribution < -0.4 is 0 Å². The Morgan fingerprint density at radius 3 is 2.15 bits per heavy atom. The molecule has 0 heterocycles. The van der Waals surface area contributed by atoms with Crippen molar-refractivity contribution in [3.63, 3.8) is 0 Å². The van der Waals surface area contributed by atoms with Gasteiger partial charge in [0.15, 0.2) is 0 Å². The van der Waals surface area contributed by atoms with E-state index in [4.69, 9.17) is 0 Å². The summed E-state index contributed by atoms with van der Waals surface area (Å²) >= 11 is 0. The third-order valence-corrected chi connectivity index (χ3v) is 2.69. The molecule has 76 valence electrons. The zero-order chi connectivity index (χ0) is 10.3. The minimum atomic E-state index is 0.558. The van der Waals surface area contributed by atoms with Gasteiger partial charge >= 0.3 is 0 Å². The fraction of sp³-hybridized carbons (Fsp3) is 0.667. The van der Waals surface area contributed by atoms with Crippen LogP contribution >= 0.6 is 0 Å². The van der Waals surface area contributed by atoms with Crippen molar-refractivity contribution in [1.82, 2.24) is 0 Å². The Kier molecular flexibility index (Phi) is 7.16. The molecule has 0 aromatic rings. The second-order valence-electron chi connectivity index (χ2n) is 4.02. The van der Waals surface area contributed by atoms with Crippen LogP contribution in [0.25, 0.3) is 0 Å². The Morgan fingerprint density at radius 2 is 1.69 bits per heavy atom. The molecule has 0 atom stereocenters. The van der Waals surface area contributed by atoms with Crippen LogP contribution in [0, 0.1) is 0 Å². The standard InChI is InChI=1S/C12H23S/c1-11(2)7-6-8-12(3)9-10-13(4)5/h7,9H,6,8,10H2,1-5H3/q+1/b12-9-. The molecule has 13 heavy (non-hydrogen) atoms. The van der Waals surface area contributed by atoms with Crippen molar-refractivity contribution in [3.8, 4) is 0 Å². The van der Waals surface area contributed by atoms with E-state index in [0.29, 0.717) is 10.9 Å². The van der Waals surface area contributed by atoms with E-state index < -0.39 is 0 Å². The lowest BCUT2D eigenvalue weighted by Gasteiger charge is -1.98. The molecular formula is C12H23S+. The van der Waals surface area contributed by atoms with Crippen molar-refractivity contribution in [1.29, 1.82) is 0 Å². The minimum absolute atomic E-state index is 0.558. The third-order valence-electron chi connectivity index (χ3n) is 1.86. The molecule has 0 spiro atoms. The molecule has 0 bridgehead atoms. The summed E-state index contributed by atoms with van der Waals surface area (Å²) in [6.45, 7) is 6.56. The van der Waals surface area contributed by atoms with Crippen LogP contribution in [0.15, 0.2) is 23.3 Å². The Hall–Kier alpha value is -0.170. The number of rotatable bonds is 5. The maximum Gasteiger partial charge on any atom is 0.126 e. The fourth-order valence-electron chi connectivity index (χ4n) is 1.000. The van der Waals surface area contributed by atoms with Crippen molar-refractivity contribution >= 4 is 10.9 Å². The van der Waals surface area contributed by atoms with Gasteiger partial charge in [0.25, 0.3) is 0 Å². The molecular weight excluding hydrogens is 176 g/mol. The molecule has 1 heteroatoms. The highest BCUT2D eigenvalue weighted by Gasteiger charge is 1.97. The van der Waals surface area contributed by atoms with E-state index in [-0.39, 0.29) is 0 Å². The molecule has 0 amide bonds. The van der Waals surface area contributed by atoms with E-state index in [9.17, 15) is 0 Å². The van der Waals surface area contributed by atoms with Gasteiger partial charge in [-0.05, 0) is 50.6 Å². The van der Waals surface area contributed by atoms with Gasteiger partial charge in [-0.3, -0.25) is 0 Å². The molecule has 0 radical (unpaired) electrons. The summed E-state index contributed by atoms with van der Waals surface area (Å²) in [4.78, 5) is 0. The summed E-state index contributed by atoms with van der Waals surface area (Å²) in [5, 5.41) is 0. The van der Waals surface area contributed by atoms with Crippen molar-refractivity contribution in [2.45, 2.75) is 33.6 Å². The lowest BCUT2D eigenvalue weighted by molar-refractivity contribution is 0.964. The van der Waals surface area contributed by atoms with Crippen LogP contribution in [0.5, 0.6) is 0 Å². The van der Waals surface area contributed by atoms with E-state index in [1.165, 1.54) is 24.2 Å². The number of hydrogen-bond acceptors (Lipinski definition) is 0. The third kappa shape index (κ3) is 9.75. The fourth-order valence-corrected chi connectivity index (χ4v) is 1.62.